The van der Waals surface area contributed by atoms with Crippen molar-refractivity contribution >= 4 is 11.3 Å². The van der Waals surface area contributed by atoms with Gasteiger partial charge in [-0.25, -0.2) is 0 Å². The van der Waals surface area contributed by atoms with Crippen LogP contribution in [0.4, 0.5) is 0 Å². The van der Waals surface area contributed by atoms with Gasteiger partial charge in [0.1, 0.15) is 0 Å². The van der Waals surface area contributed by atoms with Crippen LogP contribution in [0.1, 0.15) is 30.0 Å². The van der Waals surface area contributed by atoms with Gasteiger partial charge < -0.3 is 10.1 Å². The monoisotopic (exact) mass is 251 g/mol. The van der Waals surface area contributed by atoms with Crippen LogP contribution in [0.3, 0.4) is 0 Å². The maximum Gasteiger partial charge on any atom is 0.0685 e. The lowest BCUT2D eigenvalue weighted by Gasteiger charge is -2.55. The highest BCUT2D eigenvalue weighted by Crippen LogP contribution is 2.52. The first-order chi connectivity index (χ1) is 8.09. The minimum atomic E-state index is 0.299. The van der Waals surface area contributed by atoms with Crippen molar-refractivity contribution in [2.75, 3.05) is 6.61 Å². The van der Waals surface area contributed by atoms with E-state index in [1.54, 1.807) is 0 Å². The van der Waals surface area contributed by atoms with E-state index in [0.717, 1.165) is 19.1 Å². The molecule has 2 heterocycles. The van der Waals surface area contributed by atoms with Crippen molar-refractivity contribution in [3.63, 3.8) is 0 Å². The first kappa shape index (κ1) is 11.7. The van der Waals surface area contributed by atoms with Crippen molar-refractivity contribution in [2.24, 2.45) is 11.3 Å². The highest BCUT2D eigenvalue weighted by molar-refractivity contribution is 7.11. The summed E-state index contributed by atoms with van der Waals surface area (Å²) >= 11 is 1.90. The first-order valence-electron chi connectivity index (χ1n) is 6.49. The van der Waals surface area contributed by atoms with Crippen LogP contribution >= 0.6 is 11.3 Å². The zero-order valence-corrected chi connectivity index (χ0v) is 11.6. The Morgan fingerprint density at radius 2 is 2.29 bits per heavy atom. The van der Waals surface area contributed by atoms with Crippen LogP contribution in [-0.4, -0.2) is 18.8 Å². The Morgan fingerprint density at radius 3 is 3.00 bits per heavy atom. The quantitative estimate of drug-likeness (QED) is 0.892. The largest absolute Gasteiger partial charge is 0.377 e. The molecule has 94 valence electrons. The molecule has 1 aliphatic heterocycles. The Balaban J connectivity index is 1.62. The third-order valence-electron chi connectivity index (χ3n) is 4.39. The molecule has 0 spiro atoms. The van der Waals surface area contributed by atoms with Crippen molar-refractivity contribution in [3.8, 4) is 0 Å². The third kappa shape index (κ3) is 1.85. The summed E-state index contributed by atoms with van der Waals surface area (Å²) in [7, 11) is 0. The number of ether oxygens (including phenoxy) is 1. The van der Waals surface area contributed by atoms with Crippen molar-refractivity contribution < 1.29 is 4.74 Å². The van der Waals surface area contributed by atoms with E-state index in [0.29, 0.717) is 17.6 Å². The van der Waals surface area contributed by atoms with Crippen molar-refractivity contribution in [3.05, 3.63) is 21.9 Å². The molecule has 1 aromatic heterocycles. The van der Waals surface area contributed by atoms with E-state index in [-0.39, 0.29) is 0 Å². The van der Waals surface area contributed by atoms with Gasteiger partial charge in [0.15, 0.2) is 0 Å². The maximum atomic E-state index is 5.82. The van der Waals surface area contributed by atoms with Crippen LogP contribution in [0.2, 0.25) is 0 Å². The molecule has 0 amide bonds. The van der Waals surface area contributed by atoms with E-state index in [2.05, 4.69) is 38.2 Å². The average Bonchev–Trinajstić information content (AvgIpc) is 2.86. The molecule has 2 aliphatic rings. The van der Waals surface area contributed by atoms with Gasteiger partial charge in [-0.3, -0.25) is 0 Å². The summed E-state index contributed by atoms with van der Waals surface area (Å²) in [6.07, 6.45) is 1.72. The standard InChI is InChI=1S/C14H21NOS/c1-9-4-5-10(17-9)8-15-12-11-6-7-16-13(11)14(12,2)3/h4-5,11-13,15H,6-8H2,1-3H3. The van der Waals surface area contributed by atoms with Crippen molar-refractivity contribution in [2.45, 2.75) is 45.9 Å². The Kier molecular flexibility index (Phi) is 2.80. The Bertz CT molecular complexity index is 412. The highest BCUT2D eigenvalue weighted by atomic mass is 32.1. The lowest BCUT2D eigenvalue weighted by atomic mass is 9.57. The van der Waals surface area contributed by atoms with Crippen LogP contribution in [-0.2, 0) is 11.3 Å². The molecule has 2 fully saturated rings. The molecule has 0 radical (unpaired) electrons. The van der Waals surface area contributed by atoms with Gasteiger partial charge in [0, 0.05) is 40.3 Å². The van der Waals surface area contributed by atoms with Gasteiger partial charge in [0.25, 0.3) is 0 Å². The molecule has 17 heavy (non-hydrogen) atoms. The second kappa shape index (κ2) is 4.08. The number of fused-ring (bicyclic) bond motifs is 1. The topological polar surface area (TPSA) is 21.3 Å². The van der Waals surface area contributed by atoms with Gasteiger partial charge in [-0.1, -0.05) is 13.8 Å². The fraction of sp³-hybridized carbons (Fsp3) is 0.714. The molecule has 0 bridgehead atoms. The number of hydrogen-bond donors (Lipinski definition) is 1. The minimum Gasteiger partial charge on any atom is -0.377 e. The van der Waals surface area contributed by atoms with Crippen molar-refractivity contribution in [1.29, 1.82) is 0 Å². The van der Waals surface area contributed by atoms with E-state index < -0.39 is 0 Å². The SMILES string of the molecule is Cc1ccc(CNC2C3CCOC3C2(C)C)s1. The van der Waals surface area contributed by atoms with Gasteiger partial charge in [-0.15, -0.1) is 11.3 Å². The van der Waals surface area contributed by atoms with Gasteiger partial charge >= 0.3 is 0 Å². The fourth-order valence-corrected chi connectivity index (χ4v) is 4.37. The summed E-state index contributed by atoms with van der Waals surface area (Å²) in [5.74, 6) is 0.742. The van der Waals surface area contributed by atoms with Gasteiger partial charge in [0.05, 0.1) is 6.10 Å². The second-order valence-electron chi connectivity index (χ2n) is 5.94. The van der Waals surface area contributed by atoms with E-state index in [4.69, 9.17) is 4.74 Å². The fourth-order valence-electron chi connectivity index (χ4n) is 3.53. The summed E-state index contributed by atoms with van der Waals surface area (Å²) < 4.78 is 5.82. The number of nitrogens with one attached hydrogen (secondary N) is 1. The molecule has 3 rings (SSSR count). The molecule has 1 saturated heterocycles. The molecule has 3 atom stereocenters. The summed E-state index contributed by atoms with van der Waals surface area (Å²) in [6, 6.07) is 5.06. The van der Waals surface area contributed by atoms with E-state index in [9.17, 15) is 0 Å². The summed E-state index contributed by atoms with van der Waals surface area (Å²) in [5, 5.41) is 3.74. The molecular formula is C14H21NOS. The molecule has 1 N–H and O–H groups in total. The van der Waals surface area contributed by atoms with Crippen LogP contribution in [0.15, 0.2) is 12.1 Å². The molecule has 3 unspecified atom stereocenters. The molecule has 1 aliphatic carbocycles. The highest BCUT2D eigenvalue weighted by Gasteiger charge is 2.58. The van der Waals surface area contributed by atoms with Crippen LogP contribution in [0, 0.1) is 18.3 Å². The zero-order valence-electron chi connectivity index (χ0n) is 10.8. The lowest BCUT2D eigenvalue weighted by Crippen LogP contribution is -2.65. The smallest absolute Gasteiger partial charge is 0.0685 e. The van der Waals surface area contributed by atoms with E-state index in [1.165, 1.54) is 16.2 Å². The minimum absolute atomic E-state index is 0.299. The van der Waals surface area contributed by atoms with Crippen LogP contribution < -0.4 is 5.32 Å². The summed E-state index contributed by atoms with van der Waals surface area (Å²) in [6.45, 7) is 8.79. The zero-order chi connectivity index (χ0) is 12.0. The number of aryl methyl sites for hydroxylation is 1. The van der Waals surface area contributed by atoms with Gasteiger partial charge in [-0.05, 0) is 25.5 Å². The second-order valence-corrected chi connectivity index (χ2v) is 7.31. The molecule has 1 saturated carbocycles. The maximum absolute atomic E-state index is 5.82. The Labute approximate surface area is 107 Å². The predicted octanol–water partition coefficient (Wildman–Crippen LogP) is 2.96. The van der Waals surface area contributed by atoms with Crippen molar-refractivity contribution in [1.82, 2.24) is 5.32 Å². The first-order valence-corrected chi connectivity index (χ1v) is 7.31. The number of thiophene rings is 1. The molecule has 0 aromatic carbocycles. The summed E-state index contributed by atoms with van der Waals surface area (Å²) in [4.78, 5) is 2.84. The third-order valence-corrected chi connectivity index (χ3v) is 5.39. The van der Waals surface area contributed by atoms with Crippen LogP contribution in [0.25, 0.3) is 0 Å². The summed E-state index contributed by atoms with van der Waals surface area (Å²) in [5.41, 5.74) is 0.299. The Hall–Kier alpha value is -0.380. The molecule has 1 aromatic rings. The van der Waals surface area contributed by atoms with Gasteiger partial charge in [0.2, 0.25) is 0 Å². The predicted molar refractivity (Wildman–Crippen MR) is 71.3 cm³/mol. The van der Waals surface area contributed by atoms with E-state index >= 15 is 0 Å². The van der Waals surface area contributed by atoms with Gasteiger partial charge in [-0.2, -0.15) is 0 Å². The van der Waals surface area contributed by atoms with Crippen LogP contribution in [0.5, 0.6) is 0 Å². The molecule has 2 nitrogen and oxygen atoms in total. The average molecular weight is 251 g/mol. The van der Waals surface area contributed by atoms with E-state index in [1.807, 2.05) is 11.3 Å². The number of hydrogen-bond acceptors (Lipinski definition) is 3. The normalized spacial score (nSPS) is 34.4. The molecular weight excluding hydrogens is 230 g/mol. The lowest BCUT2D eigenvalue weighted by molar-refractivity contribution is -0.112. The Morgan fingerprint density at radius 1 is 1.47 bits per heavy atom. The number of rotatable bonds is 3. The molecule has 3 heteroatoms.